The Morgan fingerprint density at radius 3 is 2.76 bits per heavy atom. The van der Waals surface area contributed by atoms with E-state index in [0.29, 0.717) is 18.7 Å². The number of piperidine rings is 1. The first-order chi connectivity index (χ1) is 8.24. The Balaban J connectivity index is 2.00. The van der Waals surface area contributed by atoms with E-state index in [1.54, 1.807) is 18.4 Å². The molecule has 2 rings (SSSR count). The van der Waals surface area contributed by atoms with E-state index in [1.807, 2.05) is 0 Å². The van der Waals surface area contributed by atoms with Crippen molar-refractivity contribution in [3.63, 3.8) is 0 Å². The lowest BCUT2D eigenvalue weighted by Crippen LogP contribution is -2.41. The van der Waals surface area contributed by atoms with Crippen LogP contribution in [0.3, 0.4) is 0 Å². The molecule has 3 nitrogen and oxygen atoms in total. The molecule has 17 heavy (non-hydrogen) atoms. The highest BCUT2D eigenvalue weighted by atomic mass is 79.9. The number of ether oxygens (including phenoxy) is 1. The predicted molar refractivity (Wildman–Crippen MR) is 75.4 cm³/mol. The van der Waals surface area contributed by atoms with Crippen molar-refractivity contribution in [3.8, 4) is 0 Å². The fourth-order valence-corrected chi connectivity index (χ4v) is 3.96. The highest BCUT2D eigenvalue weighted by Gasteiger charge is 2.25. The highest BCUT2D eigenvalue weighted by Crippen LogP contribution is 2.30. The Morgan fingerprint density at radius 1 is 1.59 bits per heavy atom. The average Bonchev–Trinajstić information content (AvgIpc) is 2.78. The maximum absolute atomic E-state index is 5.93. The van der Waals surface area contributed by atoms with Gasteiger partial charge in [-0.2, -0.15) is 0 Å². The topological polar surface area (TPSA) is 38.5 Å². The molecule has 1 atom stereocenters. The van der Waals surface area contributed by atoms with Gasteiger partial charge in [-0.05, 0) is 34.8 Å². The van der Waals surface area contributed by atoms with Crippen LogP contribution in [0.4, 0.5) is 0 Å². The third-order valence-corrected chi connectivity index (χ3v) is 5.18. The minimum absolute atomic E-state index is 0.365. The van der Waals surface area contributed by atoms with Crippen molar-refractivity contribution in [1.29, 1.82) is 0 Å². The zero-order valence-corrected chi connectivity index (χ0v) is 12.5. The molecule has 0 spiro atoms. The standard InChI is InChI=1S/C12H19BrN2OS/c1-16-10-2-4-15(5-3-10)11(7-14)12-6-9(13)8-17-12/h6,8,10-11H,2-5,7,14H2,1H3. The zero-order valence-electron chi connectivity index (χ0n) is 10.1. The van der Waals surface area contributed by atoms with Crippen LogP contribution in [0.15, 0.2) is 15.9 Å². The number of rotatable bonds is 4. The summed E-state index contributed by atoms with van der Waals surface area (Å²) in [6.07, 6.45) is 2.65. The van der Waals surface area contributed by atoms with Crippen molar-refractivity contribution >= 4 is 27.3 Å². The normalized spacial score (nSPS) is 20.6. The summed E-state index contributed by atoms with van der Waals surface area (Å²) in [4.78, 5) is 3.84. The molecule has 5 heteroatoms. The fourth-order valence-electron chi connectivity index (χ4n) is 2.37. The van der Waals surface area contributed by atoms with Crippen molar-refractivity contribution in [2.45, 2.75) is 25.0 Å². The van der Waals surface area contributed by atoms with Gasteiger partial charge in [-0.3, -0.25) is 4.90 Å². The lowest BCUT2D eigenvalue weighted by Gasteiger charge is -2.36. The van der Waals surface area contributed by atoms with Crippen LogP contribution < -0.4 is 5.73 Å². The van der Waals surface area contributed by atoms with Crippen LogP contribution in [0.25, 0.3) is 0 Å². The Labute approximate surface area is 115 Å². The van der Waals surface area contributed by atoms with Gasteiger partial charge in [0.25, 0.3) is 0 Å². The highest BCUT2D eigenvalue weighted by molar-refractivity contribution is 9.10. The Morgan fingerprint density at radius 2 is 2.29 bits per heavy atom. The first-order valence-electron chi connectivity index (χ1n) is 5.95. The van der Waals surface area contributed by atoms with Gasteiger partial charge in [0.1, 0.15) is 0 Å². The van der Waals surface area contributed by atoms with Crippen LogP contribution in [0.1, 0.15) is 23.8 Å². The summed E-state index contributed by atoms with van der Waals surface area (Å²) in [5.74, 6) is 0. The van der Waals surface area contributed by atoms with E-state index in [9.17, 15) is 0 Å². The van der Waals surface area contributed by atoms with Crippen LogP contribution in [-0.4, -0.2) is 37.7 Å². The van der Waals surface area contributed by atoms with Crippen LogP contribution in [0.2, 0.25) is 0 Å². The van der Waals surface area contributed by atoms with E-state index >= 15 is 0 Å². The van der Waals surface area contributed by atoms with Gasteiger partial charge in [0, 0.05) is 41.5 Å². The van der Waals surface area contributed by atoms with Crippen molar-refractivity contribution in [2.75, 3.05) is 26.7 Å². The molecule has 2 N–H and O–H groups in total. The summed E-state index contributed by atoms with van der Waals surface area (Å²) < 4.78 is 6.56. The number of likely N-dealkylation sites (tertiary alicyclic amines) is 1. The molecule has 1 aromatic rings. The lowest BCUT2D eigenvalue weighted by atomic mass is 10.0. The number of hydrogen-bond donors (Lipinski definition) is 1. The first kappa shape index (κ1) is 13.5. The molecule has 0 amide bonds. The molecule has 1 saturated heterocycles. The molecule has 0 radical (unpaired) electrons. The number of hydrogen-bond acceptors (Lipinski definition) is 4. The molecule has 0 saturated carbocycles. The molecule has 1 aromatic heterocycles. The molecular formula is C12H19BrN2OS. The maximum Gasteiger partial charge on any atom is 0.0595 e. The molecule has 1 unspecified atom stereocenters. The van der Waals surface area contributed by atoms with E-state index in [2.05, 4.69) is 32.3 Å². The summed E-state index contributed by atoms with van der Waals surface area (Å²) in [6.45, 7) is 2.84. The van der Waals surface area contributed by atoms with Crippen molar-refractivity contribution in [2.24, 2.45) is 5.73 Å². The molecule has 96 valence electrons. The molecule has 0 bridgehead atoms. The van der Waals surface area contributed by atoms with Gasteiger partial charge < -0.3 is 10.5 Å². The largest absolute Gasteiger partial charge is 0.381 e. The fraction of sp³-hybridized carbons (Fsp3) is 0.667. The quantitative estimate of drug-likeness (QED) is 0.927. The molecule has 1 fully saturated rings. The summed E-state index contributed by atoms with van der Waals surface area (Å²) in [6, 6.07) is 2.55. The van der Waals surface area contributed by atoms with E-state index < -0.39 is 0 Å². The third kappa shape index (κ3) is 3.29. The minimum atomic E-state index is 0.365. The van der Waals surface area contributed by atoms with Gasteiger partial charge in [-0.15, -0.1) is 11.3 Å². The number of methoxy groups -OCH3 is 1. The number of nitrogens with two attached hydrogens (primary N) is 1. The summed E-state index contributed by atoms with van der Waals surface area (Å²) >= 11 is 5.29. The van der Waals surface area contributed by atoms with Crippen molar-refractivity contribution in [3.05, 3.63) is 20.8 Å². The molecule has 1 aliphatic rings. The van der Waals surface area contributed by atoms with Gasteiger partial charge >= 0.3 is 0 Å². The van der Waals surface area contributed by atoms with Gasteiger partial charge in [0.05, 0.1) is 12.1 Å². The lowest BCUT2D eigenvalue weighted by molar-refractivity contribution is 0.0285. The molecule has 1 aliphatic heterocycles. The van der Waals surface area contributed by atoms with Gasteiger partial charge in [-0.1, -0.05) is 0 Å². The monoisotopic (exact) mass is 318 g/mol. The van der Waals surface area contributed by atoms with E-state index in [0.717, 1.165) is 30.4 Å². The summed E-state index contributed by atoms with van der Waals surface area (Å²) in [5, 5.41) is 2.12. The van der Waals surface area contributed by atoms with Crippen LogP contribution in [0.5, 0.6) is 0 Å². The number of halogens is 1. The van der Waals surface area contributed by atoms with Crippen LogP contribution in [-0.2, 0) is 4.74 Å². The second kappa shape index (κ2) is 6.29. The molecule has 0 aliphatic carbocycles. The number of nitrogens with zero attached hydrogens (tertiary/aromatic N) is 1. The predicted octanol–water partition coefficient (Wildman–Crippen LogP) is 2.62. The minimum Gasteiger partial charge on any atom is -0.381 e. The number of thiophene rings is 1. The maximum atomic E-state index is 5.93. The van der Waals surface area contributed by atoms with E-state index in [4.69, 9.17) is 10.5 Å². The van der Waals surface area contributed by atoms with E-state index in [1.165, 1.54) is 4.88 Å². The Hall–Kier alpha value is 0.0600. The summed E-state index contributed by atoms with van der Waals surface area (Å²) in [7, 11) is 1.80. The second-order valence-corrected chi connectivity index (χ2v) is 6.25. The zero-order chi connectivity index (χ0) is 12.3. The smallest absolute Gasteiger partial charge is 0.0595 e. The molecular weight excluding hydrogens is 300 g/mol. The Bertz CT molecular complexity index is 350. The van der Waals surface area contributed by atoms with Crippen molar-refractivity contribution in [1.82, 2.24) is 4.90 Å². The van der Waals surface area contributed by atoms with Crippen LogP contribution >= 0.6 is 27.3 Å². The van der Waals surface area contributed by atoms with E-state index in [-0.39, 0.29) is 0 Å². The summed E-state index contributed by atoms with van der Waals surface area (Å²) in [5.41, 5.74) is 5.93. The Kier molecular flexibility index (Phi) is 4.99. The second-order valence-electron chi connectivity index (χ2n) is 4.39. The SMILES string of the molecule is COC1CCN(C(CN)c2cc(Br)cs2)CC1. The first-order valence-corrected chi connectivity index (χ1v) is 7.62. The molecule has 2 heterocycles. The average molecular weight is 319 g/mol. The van der Waals surface area contributed by atoms with Crippen LogP contribution in [0, 0.1) is 0 Å². The van der Waals surface area contributed by atoms with Gasteiger partial charge in [0.2, 0.25) is 0 Å². The van der Waals surface area contributed by atoms with Gasteiger partial charge in [-0.25, -0.2) is 0 Å². The molecule has 0 aromatic carbocycles. The third-order valence-electron chi connectivity index (χ3n) is 3.39. The van der Waals surface area contributed by atoms with Crippen molar-refractivity contribution < 1.29 is 4.74 Å². The van der Waals surface area contributed by atoms with Gasteiger partial charge in [0.15, 0.2) is 0 Å².